The number of hydrogen-bond acceptors (Lipinski definition) is 9. The van der Waals surface area contributed by atoms with Crippen molar-refractivity contribution in [2.75, 3.05) is 13.6 Å². The monoisotopic (exact) mass is 481 g/mol. The summed E-state index contributed by atoms with van der Waals surface area (Å²) in [5.41, 5.74) is 0.276. The van der Waals surface area contributed by atoms with Gasteiger partial charge in [-0.15, -0.1) is 5.10 Å². The normalized spacial score (nSPS) is 12.9. The van der Waals surface area contributed by atoms with Crippen LogP contribution in [0.3, 0.4) is 0 Å². The summed E-state index contributed by atoms with van der Waals surface area (Å²) in [5, 5.41) is 20.9. The van der Waals surface area contributed by atoms with E-state index in [0.717, 1.165) is 4.68 Å². The topological polar surface area (TPSA) is 136 Å². The van der Waals surface area contributed by atoms with Crippen molar-refractivity contribution in [1.82, 2.24) is 34.5 Å². The fourth-order valence-corrected chi connectivity index (χ4v) is 3.43. The number of hydrogen-bond donors (Lipinski definition) is 0. The number of nitrogens with zero attached hydrogens (tertiary/aromatic N) is 8. The Morgan fingerprint density at radius 2 is 2.12 bits per heavy atom. The van der Waals surface area contributed by atoms with E-state index in [1.54, 1.807) is 0 Å². The fourth-order valence-electron chi connectivity index (χ4n) is 3.07. The molecule has 4 heterocycles. The van der Waals surface area contributed by atoms with Gasteiger partial charge in [-0.3, -0.25) is 10.1 Å². The number of aryl methyl sites for hydroxylation is 1. The molecule has 0 unspecified atom stereocenters. The van der Waals surface area contributed by atoms with E-state index in [1.807, 2.05) is 0 Å². The van der Waals surface area contributed by atoms with Crippen LogP contribution < -0.4 is 9.47 Å². The lowest BCUT2D eigenvalue weighted by atomic mass is 10.3. The van der Waals surface area contributed by atoms with E-state index < -0.39 is 12.0 Å². The molecule has 0 atom stereocenters. The molecule has 4 rings (SSSR count). The minimum atomic E-state index is -2.77. The standard InChI is InChI=1S/C18H16Cl2N8O4/c1-10-13(28(29)30)17(25-27(10)12-5-3-6-21-16(12)31-2)32-8-4-7-26-15-11(14(19)24-26)9-22-18(20)23-15/h3,5-6,9H,4,7-8H2,1-2H3/i2D3. The van der Waals surface area contributed by atoms with Crippen LogP contribution in [0.5, 0.6) is 11.8 Å². The third kappa shape index (κ3) is 4.01. The predicted octanol–water partition coefficient (Wildman–Crippen LogP) is 3.41. The van der Waals surface area contributed by atoms with Crippen LogP contribution in [0.4, 0.5) is 5.69 Å². The van der Waals surface area contributed by atoms with Gasteiger partial charge in [0.15, 0.2) is 10.8 Å². The Hall–Kier alpha value is -3.51. The van der Waals surface area contributed by atoms with E-state index in [9.17, 15) is 10.1 Å². The molecule has 166 valence electrons. The maximum absolute atomic E-state index is 11.7. The zero-order valence-electron chi connectivity index (χ0n) is 19.4. The van der Waals surface area contributed by atoms with E-state index in [4.69, 9.17) is 36.8 Å². The molecule has 0 bridgehead atoms. The van der Waals surface area contributed by atoms with Crippen molar-refractivity contribution in [2.45, 2.75) is 19.9 Å². The van der Waals surface area contributed by atoms with Gasteiger partial charge in [-0.1, -0.05) is 11.6 Å². The lowest BCUT2D eigenvalue weighted by molar-refractivity contribution is -0.386. The summed E-state index contributed by atoms with van der Waals surface area (Å²) >= 11 is 12.0. The molecule has 0 aromatic carbocycles. The molecule has 0 saturated carbocycles. The lowest BCUT2D eigenvalue weighted by Crippen LogP contribution is -2.07. The SMILES string of the molecule is [2H]C([2H])([2H])Oc1ncccc1-n1nc(OCCCn2nc(Cl)c3cnc(Cl)nc32)c([N+](=O)[O-])c1C. The average molecular weight is 482 g/mol. The molecule has 0 aliphatic heterocycles. The zero-order valence-corrected chi connectivity index (χ0v) is 17.9. The Labute approximate surface area is 195 Å². The second kappa shape index (κ2) is 8.93. The number of fused-ring (bicyclic) bond motifs is 1. The summed E-state index contributed by atoms with van der Waals surface area (Å²) < 4.78 is 35.2. The molecule has 4 aromatic rings. The summed E-state index contributed by atoms with van der Waals surface area (Å²) in [4.78, 5) is 23.0. The molecule has 0 spiro atoms. The Balaban J connectivity index is 1.55. The smallest absolute Gasteiger partial charge is 0.353 e. The van der Waals surface area contributed by atoms with Crippen molar-refractivity contribution in [3.63, 3.8) is 0 Å². The largest absolute Gasteiger partial charge is 0.479 e. The first kappa shape index (κ1) is 18.1. The van der Waals surface area contributed by atoms with Crippen molar-refractivity contribution in [2.24, 2.45) is 0 Å². The van der Waals surface area contributed by atoms with Gasteiger partial charge in [-0.05, 0) is 30.7 Å². The zero-order chi connectivity index (χ0) is 25.3. The third-order valence-corrected chi connectivity index (χ3v) is 4.94. The van der Waals surface area contributed by atoms with Crippen LogP contribution in [0.2, 0.25) is 10.4 Å². The van der Waals surface area contributed by atoms with Gasteiger partial charge in [0.25, 0.3) is 0 Å². The molecule has 0 fully saturated rings. The summed E-state index contributed by atoms with van der Waals surface area (Å²) in [6.07, 6.45) is 3.17. The van der Waals surface area contributed by atoms with E-state index in [0.29, 0.717) is 24.0 Å². The first-order chi connectivity index (χ1) is 16.5. The summed E-state index contributed by atoms with van der Waals surface area (Å²) in [6, 6.07) is 2.99. The van der Waals surface area contributed by atoms with Crippen LogP contribution in [0.15, 0.2) is 24.5 Å². The van der Waals surface area contributed by atoms with E-state index in [-0.39, 0.29) is 45.9 Å². The van der Waals surface area contributed by atoms with E-state index >= 15 is 0 Å². The minimum absolute atomic E-state index is 0.0421. The number of ether oxygens (including phenoxy) is 2. The third-order valence-electron chi connectivity index (χ3n) is 4.48. The molecule has 32 heavy (non-hydrogen) atoms. The summed E-state index contributed by atoms with van der Waals surface area (Å²) in [6.45, 7) is 1.81. The van der Waals surface area contributed by atoms with Crippen LogP contribution in [-0.2, 0) is 6.54 Å². The van der Waals surface area contributed by atoms with Gasteiger partial charge in [-0.25, -0.2) is 19.3 Å². The van der Waals surface area contributed by atoms with Crippen LogP contribution in [0.25, 0.3) is 16.7 Å². The van der Waals surface area contributed by atoms with Crippen molar-refractivity contribution in [3.8, 4) is 17.4 Å². The van der Waals surface area contributed by atoms with Crippen LogP contribution in [-0.4, -0.2) is 53.1 Å². The number of aromatic nitrogens is 7. The highest BCUT2D eigenvalue weighted by Gasteiger charge is 2.28. The Kier molecular flexibility index (Phi) is 5.05. The quantitative estimate of drug-likeness (QED) is 0.160. The maximum Gasteiger partial charge on any atom is 0.353 e. The second-order valence-corrected chi connectivity index (χ2v) is 7.13. The van der Waals surface area contributed by atoms with Gasteiger partial charge < -0.3 is 9.47 Å². The lowest BCUT2D eigenvalue weighted by Gasteiger charge is -2.07. The number of halogens is 2. The van der Waals surface area contributed by atoms with E-state index in [1.165, 1.54) is 36.1 Å². The van der Waals surface area contributed by atoms with Gasteiger partial charge in [-0.2, -0.15) is 10.1 Å². The van der Waals surface area contributed by atoms with Crippen LogP contribution in [0, 0.1) is 17.0 Å². The Bertz CT molecular complexity index is 1410. The summed E-state index contributed by atoms with van der Waals surface area (Å²) in [5.74, 6) is -0.507. The molecule has 0 aliphatic carbocycles. The molecule has 12 nitrogen and oxygen atoms in total. The molecule has 0 amide bonds. The van der Waals surface area contributed by atoms with Crippen molar-refractivity contribution in [1.29, 1.82) is 0 Å². The number of pyridine rings is 1. The molecular weight excluding hydrogens is 463 g/mol. The molecule has 14 heteroatoms. The molecule has 0 aliphatic rings. The van der Waals surface area contributed by atoms with Gasteiger partial charge in [0.2, 0.25) is 11.2 Å². The number of methoxy groups -OCH3 is 1. The number of nitro groups is 1. The molecular formula is C18H16Cl2N8O4. The minimum Gasteiger partial charge on any atom is -0.479 e. The molecule has 0 N–H and O–H groups in total. The van der Waals surface area contributed by atoms with E-state index in [2.05, 4.69) is 25.1 Å². The second-order valence-electron chi connectivity index (χ2n) is 6.43. The highest BCUT2D eigenvalue weighted by atomic mass is 35.5. The summed E-state index contributed by atoms with van der Waals surface area (Å²) in [7, 11) is -2.77. The van der Waals surface area contributed by atoms with Gasteiger partial charge in [0, 0.05) is 25.4 Å². The predicted molar refractivity (Wildman–Crippen MR) is 115 cm³/mol. The highest BCUT2D eigenvalue weighted by Crippen LogP contribution is 2.33. The maximum atomic E-state index is 11.7. The first-order valence-electron chi connectivity index (χ1n) is 10.6. The molecule has 4 aromatic heterocycles. The Morgan fingerprint density at radius 3 is 2.91 bits per heavy atom. The fraction of sp³-hybridized carbons (Fsp3) is 0.278. The van der Waals surface area contributed by atoms with Crippen LogP contribution >= 0.6 is 23.2 Å². The van der Waals surface area contributed by atoms with Crippen molar-refractivity contribution >= 4 is 39.9 Å². The van der Waals surface area contributed by atoms with Crippen molar-refractivity contribution in [3.05, 3.63) is 50.8 Å². The first-order valence-corrected chi connectivity index (χ1v) is 9.86. The van der Waals surface area contributed by atoms with Crippen molar-refractivity contribution < 1.29 is 18.5 Å². The molecule has 0 saturated heterocycles. The molecule has 0 radical (unpaired) electrons. The highest BCUT2D eigenvalue weighted by molar-refractivity contribution is 6.34. The average Bonchev–Trinajstić information content (AvgIpc) is 3.26. The van der Waals surface area contributed by atoms with Gasteiger partial charge in [0.1, 0.15) is 11.4 Å². The van der Waals surface area contributed by atoms with Crippen LogP contribution in [0.1, 0.15) is 16.2 Å². The Morgan fingerprint density at radius 1 is 1.28 bits per heavy atom. The number of rotatable bonds is 8. The van der Waals surface area contributed by atoms with Gasteiger partial charge >= 0.3 is 11.6 Å². The van der Waals surface area contributed by atoms with Gasteiger partial charge in [0.05, 0.1) is 28.1 Å².